The average Bonchev–Trinajstić information content (AvgIpc) is 2.88. The summed E-state index contributed by atoms with van der Waals surface area (Å²) in [4.78, 5) is 18.1. The molecule has 0 saturated heterocycles. The summed E-state index contributed by atoms with van der Waals surface area (Å²) in [5.41, 5.74) is 2.23. The van der Waals surface area contributed by atoms with Gasteiger partial charge in [-0.05, 0) is 55.0 Å². The van der Waals surface area contributed by atoms with Crippen LogP contribution in [0, 0.1) is 12.7 Å². The number of benzene rings is 2. The van der Waals surface area contributed by atoms with Gasteiger partial charge in [0.15, 0.2) is 4.80 Å². The molecule has 6 heteroatoms. The molecule has 3 rings (SSSR count). The molecule has 0 aliphatic carbocycles. The first-order chi connectivity index (χ1) is 12.0. The Labute approximate surface area is 148 Å². The van der Waals surface area contributed by atoms with Crippen molar-refractivity contribution in [1.29, 1.82) is 0 Å². The summed E-state index contributed by atoms with van der Waals surface area (Å²) in [6.45, 7) is 1.98. The van der Waals surface area contributed by atoms with Gasteiger partial charge < -0.3 is 9.30 Å². The molecule has 1 heterocycles. The number of ether oxygens (including phenoxy) is 1. The average molecular weight is 356 g/mol. The van der Waals surface area contributed by atoms with Gasteiger partial charge in [-0.15, -0.1) is 11.3 Å². The second-order valence-electron chi connectivity index (χ2n) is 5.50. The highest BCUT2D eigenvalue weighted by Gasteiger charge is 2.12. The minimum atomic E-state index is -0.461. The third-order valence-corrected chi connectivity index (χ3v) is 4.88. The fourth-order valence-corrected chi connectivity index (χ4v) is 3.58. The monoisotopic (exact) mass is 356 g/mol. The molecule has 0 unspecified atom stereocenters. The van der Waals surface area contributed by atoms with E-state index in [1.807, 2.05) is 42.8 Å². The largest absolute Gasteiger partial charge is 0.497 e. The van der Waals surface area contributed by atoms with E-state index in [0.29, 0.717) is 4.80 Å². The van der Waals surface area contributed by atoms with Crippen molar-refractivity contribution in [3.63, 3.8) is 0 Å². The third-order valence-electron chi connectivity index (χ3n) is 3.83. The highest BCUT2D eigenvalue weighted by molar-refractivity contribution is 7.09. The minimum Gasteiger partial charge on any atom is -0.497 e. The second kappa shape index (κ2) is 7.03. The van der Waals surface area contributed by atoms with Gasteiger partial charge in [0.05, 0.1) is 12.8 Å². The molecule has 1 amide bonds. The van der Waals surface area contributed by atoms with Crippen molar-refractivity contribution in [2.24, 2.45) is 12.0 Å². The molecule has 128 valence electrons. The van der Waals surface area contributed by atoms with Crippen LogP contribution in [0.2, 0.25) is 0 Å². The minimum absolute atomic E-state index is 0.233. The fraction of sp³-hybridized carbons (Fsp3) is 0.158. The summed E-state index contributed by atoms with van der Waals surface area (Å²) in [7, 11) is 3.49. The van der Waals surface area contributed by atoms with Crippen LogP contribution >= 0.6 is 11.3 Å². The van der Waals surface area contributed by atoms with Gasteiger partial charge in [0, 0.05) is 17.5 Å². The van der Waals surface area contributed by atoms with Crippen LogP contribution in [0.4, 0.5) is 4.39 Å². The molecule has 0 aliphatic heterocycles. The van der Waals surface area contributed by atoms with Crippen molar-refractivity contribution in [2.45, 2.75) is 6.92 Å². The van der Waals surface area contributed by atoms with E-state index in [1.165, 1.54) is 29.5 Å². The second-order valence-corrected chi connectivity index (χ2v) is 6.69. The van der Waals surface area contributed by atoms with Gasteiger partial charge in [0.25, 0.3) is 5.91 Å². The maximum absolute atomic E-state index is 13.3. The molecule has 2 aromatic carbocycles. The van der Waals surface area contributed by atoms with Crippen LogP contribution in [0.15, 0.2) is 53.5 Å². The number of halogens is 1. The maximum Gasteiger partial charge on any atom is 0.279 e. The number of hydrogen-bond acceptors (Lipinski definition) is 3. The van der Waals surface area contributed by atoms with E-state index in [2.05, 4.69) is 4.99 Å². The smallest absolute Gasteiger partial charge is 0.279 e. The number of amides is 1. The molecule has 0 radical (unpaired) electrons. The fourth-order valence-electron chi connectivity index (χ4n) is 2.60. The zero-order chi connectivity index (χ0) is 18.0. The Kier molecular flexibility index (Phi) is 4.81. The van der Waals surface area contributed by atoms with Crippen molar-refractivity contribution >= 4 is 17.2 Å². The van der Waals surface area contributed by atoms with Crippen LogP contribution in [0.3, 0.4) is 0 Å². The number of methoxy groups -OCH3 is 1. The number of thiazole rings is 1. The molecule has 0 atom stereocenters. The van der Waals surface area contributed by atoms with Crippen LogP contribution in [0.5, 0.6) is 5.75 Å². The Hall–Kier alpha value is -2.73. The Morgan fingerprint density at radius 2 is 1.92 bits per heavy atom. The molecular weight excluding hydrogens is 339 g/mol. The van der Waals surface area contributed by atoms with Gasteiger partial charge >= 0.3 is 0 Å². The molecule has 4 nitrogen and oxygen atoms in total. The number of hydrogen-bond donors (Lipinski definition) is 0. The van der Waals surface area contributed by atoms with Crippen molar-refractivity contribution in [3.8, 4) is 17.0 Å². The molecular formula is C19H17FN2O2S. The normalized spacial score (nSPS) is 11.6. The van der Waals surface area contributed by atoms with Crippen LogP contribution in [-0.2, 0) is 7.05 Å². The summed E-state index contributed by atoms with van der Waals surface area (Å²) in [5, 5.41) is 0. The molecule has 0 aliphatic rings. The van der Waals surface area contributed by atoms with Crippen LogP contribution in [0.25, 0.3) is 11.3 Å². The van der Waals surface area contributed by atoms with E-state index in [1.54, 1.807) is 13.2 Å². The highest BCUT2D eigenvalue weighted by Crippen LogP contribution is 2.26. The number of aromatic nitrogens is 1. The Bertz CT molecular complexity index is 987. The van der Waals surface area contributed by atoms with Gasteiger partial charge in [0.2, 0.25) is 0 Å². The molecule has 0 fully saturated rings. The van der Waals surface area contributed by atoms with E-state index in [0.717, 1.165) is 21.9 Å². The van der Waals surface area contributed by atoms with E-state index >= 15 is 0 Å². The predicted octanol–water partition coefficient (Wildman–Crippen LogP) is 3.95. The lowest BCUT2D eigenvalue weighted by Gasteiger charge is -2.06. The lowest BCUT2D eigenvalue weighted by molar-refractivity contribution is 0.0997. The summed E-state index contributed by atoms with van der Waals surface area (Å²) < 4.78 is 20.3. The Morgan fingerprint density at radius 3 is 2.56 bits per heavy atom. The zero-order valence-corrected chi connectivity index (χ0v) is 14.9. The first-order valence-electron chi connectivity index (χ1n) is 7.65. The van der Waals surface area contributed by atoms with E-state index in [4.69, 9.17) is 4.74 Å². The SMILES string of the molecule is COc1ccc(-c2c(C)sc(=NC(=O)c3cccc(F)c3)n2C)cc1. The van der Waals surface area contributed by atoms with Crippen molar-refractivity contribution in [3.05, 3.63) is 69.6 Å². The van der Waals surface area contributed by atoms with Gasteiger partial charge in [-0.1, -0.05) is 6.07 Å². The molecule has 1 aromatic heterocycles. The van der Waals surface area contributed by atoms with Gasteiger partial charge in [0.1, 0.15) is 11.6 Å². The van der Waals surface area contributed by atoms with Crippen LogP contribution in [0.1, 0.15) is 15.2 Å². The lowest BCUT2D eigenvalue weighted by Crippen LogP contribution is -2.14. The van der Waals surface area contributed by atoms with Crippen molar-refractivity contribution < 1.29 is 13.9 Å². The van der Waals surface area contributed by atoms with E-state index < -0.39 is 11.7 Å². The van der Waals surface area contributed by atoms with Gasteiger partial charge in [-0.25, -0.2) is 4.39 Å². The number of carbonyl (C=O) groups is 1. The number of aryl methyl sites for hydroxylation is 1. The van der Waals surface area contributed by atoms with Crippen molar-refractivity contribution in [2.75, 3.05) is 7.11 Å². The quantitative estimate of drug-likeness (QED) is 0.713. The molecule has 0 spiro atoms. The molecule has 0 bridgehead atoms. The first kappa shape index (κ1) is 17.1. The number of carbonyl (C=O) groups excluding carboxylic acids is 1. The highest BCUT2D eigenvalue weighted by atomic mass is 32.1. The summed E-state index contributed by atoms with van der Waals surface area (Å²) in [5.74, 6) is -0.130. The maximum atomic E-state index is 13.3. The lowest BCUT2D eigenvalue weighted by atomic mass is 10.1. The molecule has 0 N–H and O–H groups in total. The third kappa shape index (κ3) is 3.53. The Morgan fingerprint density at radius 1 is 1.20 bits per heavy atom. The number of nitrogens with zero attached hydrogens (tertiary/aromatic N) is 2. The number of rotatable bonds is 3. The van der Waals surface area contributed by atoms with Crippen LogP contribution < -0.4 is 9.54 Å². The predicted molar refractivity (Wildman–Crippen MR) is 96.3 cm³/mol. The summed E-state index contributed by atoms with van der Waals surface area (Å²) in [6.07, 6.45) is 0. The molecule has 3 aromatic rings. The van der Waals surface area contributed by atoms with Gasteiger partial charge in [-0.3, -0.25) is 4.79 Å². The zero-order valence-electron chi connectivity index (χ0n) is 14.1. The topological polar surface area (TPSA) is 43.6 Å². The summed E-state index contributed by atoms with van der Waals surface area (Å²) >= 11 is 1.42. The molecule has 25 heavy (non-hydrogen) atoms. The van der Waals surface area contributed by atoms with Crippen LogP contribution in [-0.4, -0.2) is 17.6 Å². The van der Waals surface area contributed by atoms with E-state index in [9.17, 15) is 9.18 Å². The van der Waals surface area contributed by atoms with E-state index in [-0.39, 0.29) is 5.56 Å². The van der Waals surface area contributed by atoms with Gasteiger partial charge in [-0.2, -0.15) is 4.99 Å². The standard InChI is InChI=1S/C19H17FN2O2S/c1-12-17(13-7-9-16(24-3)10-8-13)22(2)19(25-12)21-18(23)14-5-4-6-15(20)11-14/h4-11H,1-3H3. The summed E-state index contributed by atoms with van der Waals surface area (Å²) in [6, 6.07) is 13.3. The molecule has 0 saturated carbocycles. The first-order valence-corrected chi connectivity index (χ1v) is 8.46. The van der Waals surface area contributed by atoms with Crippen molar-refractivity contribution in [1.82, 2.24) is 4.57 Å². The Balaban J connectivity index is 2.02.